The summed E-state index contributed by atoms with van der Waals surface area (Å²) >= 11 is 0. The van der Waals surface area contributed by atoms with E-state index in [4.69, 9.17) is 9.15 Å². The Morgan fingerprint density at radius 1 is 1.32 bits per heavy atom. The smallest absolute Gasteiger partial charge is 0.309 e. The summed E-state index contributed by atoms with van der Waals surface area (Å²) in [4.78, 5) is 43.4. The number of amides is 2. The molecule has 1 spiro atoms. The summed E-state index contributed by atoms with van der Waals surface area (Å²) in [6.07, 6.45) is 4.87. The van der Waals surface area contributed by atoms with Gasteiger partial charge in [0.05, 0.1) is 18.8 Å². The zero-order chi connectivity index (χ0) is 22.6. The maximum Gasteiger partial charge on any atom is 0.309 e. The number of nitrogens with zero attached hydrogens (tertiary/aromatic N) is 2. The highest BCUT2D eigenvalue weighted by Crippen LogP contribution is 2.51. The summed E-state index contributed by atoms with van der Waals surface area (Å²) in [6, 6.07) is 2.60. The molecule has 2 fully saturated rings. The van der Waals surface area contributed by atoms with Crippen molar-refractivity contribution in [3.63, 3.8) is 0 Å². The molecule has 8 nitrogen and oxygen atoms in total. The van der Waals surface area contributed by atoms with Crippen molar-refractivity contribution in [3.05, 3.63) is 24.2 Å². The second kappa shape index (κ2) is 9.85. The first-order valence-electron chi connectivity index (χ1n) is 11.3. The van der Waals surface area contributed by atoms with Gasteiger partial charge < -0.3 is 24.1 Å². The molecular formula is C23H34N2O6. The Bertz CT molecular complexity index is 775. The molecule has 0 bridgehead atoms. The Kier molecular flexibility index (Phi) is 7.41. The largest absolute Gasteiger partial charge is 0.481 e. The molecule has 8 heteroatoms. The molecule has 2 aliphatic rings. The lowest BCUT2D eigenvalue weighted by Crippen LogP contribution is -2.59. The van der Waals surface area contributed by atoms with E-state index in [1.807, 2.05) is 13.8 Å². The fraction of sp³-hybridized carbons (Fsp3) is 0.696. The maximum absolute atomic E-state index is 13.9. The third-order valence-electron chi connectivity index (χ3n) is 6.92. The Balaban J connectivity index is 2.14. The number of ether oxygens (including phenoxy) is 1. The van der Waals surface area contributed by atoms with Gasteiger partial charge in [-0.25, -0.2) is 0 Å². The normalized spacial score (nSPS) is 26.6. The first-order valence-corrected chi connectivity index (χ1v) is 11.3. The van der Waals surface area contributed by atoms with Gasteiger partial charge in [0.1, 0.15) is 17.3 Å². The Labute approximate surface area is 183 Å². The molecule has 3 atom stereocenters. The van der Waals surface area contributed by atoms with Crippen LogP contribution in [0.5, 0.6) is 0 Å². The number of carbonyl (C=O) groups excluding carboxylic acids is 2. The standard InChI is InChI=1S/C23H34N2O6/c1-4-16(5-2)20(26)25-19(18-9-8-13-31-18)17(21(27)28)15-23(25)10-6-7-11-24(22(23)29)12-14-30-3/h8-9,13,16-17,19H,4-7,10-12,14-15H2,1-3H3,(H,27,28)/t17-,19+,23-/m0/s1. The number of carboxylic acid groups (broad SMARTS) is 1. The fourth-order valence-corrected chi connectivity index (χ4v) is 5.26. The van der Waals surface area contributed by atoms with Gasteiger partial charge in [0.15, 0.2) is 0 Å². The predicted molar refractivity (Wildman–Crippen MR) is 113 cm³/mol. The van der Waals surface area contributed by atoms with Crippen LogP contribution in [0.15, 0.2) is 22.8 Å². The molecule has 3 rings (SSSR count). The van der Waals surface area contributed by atoms with Crippen LogP contribution in [0.3, 0.4) is 0 Å². The minimum absolute atomic E-state index is 0.0991. The van der Waals surface area contributed by atoms with Crippen molar-refractivity contribution in [3.8, 4) is 0 Å². The topological polar surface area (TPSA) is 100 Å². The number of hydrogen-bond acceptors (Lipinski definition) is 5. The minimum Gasteiger partial charge on any atom is -0.481 e. The van der Waals surface area contributed by atoms with Crippen LogP contribution in [-0.4, -0.2) is 65.0 Å². The third kappa shape index (κ3) is 4.22. The average Bonchev–Trinajstić information content (AvgIpc) is 3.36. The van der Waals surface area contributed by atoms with Crippen LogP contribution in [0.2, 0.25) is 0 Å². The quantitative estimate of drug-likeness (QED) is 0.675. The van der Waals surface area contributed by atoms with Crippen molar-refractivity contribution in [2.75, 3.05) is 26.8 Å². The van der Waals surface area contributed by atoms with Crippen LogP contribution in [0.25, 0.3) is 0 Å². The maximum atomic E-state index is 13.9. The third-order valence-corrected chi connectivity index (χ3v) is 6.92. The van der Waals surface area contributed by atoms with E-state index < -0.39 is 23.5 Å². The number of likely N-dealkylation sites (tertiary alicyclic amines) is 2. The molecule has 3 heterocycles. The number of carbonyl (C=O) groups is 3. The van der Waals surface area contributed by atoms with E-state index in [1.54, 1.807) is 29.0 Å². The lowest BCUT2D eigenvalue weighted by atomic mass is 9.85. The molecule has 0 radical (unpaired) electrons. The lowest BCUT2D eigenvalue weighted by Gasteiger charge is -2.42. The van der Waals surface area contributed by atoms with Crippen molar-refractivity contribution in [1.82, 2.24) is 9.80 Å². The van der Waals surface area contributed by atoms with Crippen molar-refractivity contribution < 1.29 is 28.6 Å². The van der Waals surface area contributed by atoms with Crippen LogP contribution >= 0.6 is 0 Å². The number of hydrogen-bond donors (Lipinski definition) is 1. The van der Waals surface area contributed by atoms with Gasteiger partial charge >= 0.3 is 5.97 Å². The van der Waals surface area contributed by atoms with E-state index >= 15 is 0 Å². The molecular weight excluding hydrogens is 400 g/mol. The summed E-state index contributed by atoms with van der Waals surface area (Å²) in [6.45, 7) is 5.30. The number of aliphatic carboxylic acids is 1. The second-order valence-electron chi connectivity index (χ2n) is 8.60. The highest BCUT2D eigenvalue weighted by Gasteiger charge is 2.62. The van der Waals surface area contributed by atoms with Crippen LogP contribution in [0, 0.1) is 11.8 Å². The van der Waals surface area contributed by atoms with Crippen LogP contribution in [-0.2, 0) is 19.1 Å². The van der Waals surface area contributed by atoms with Crippen molar-refractivity contribution >= 4 is 17.8 Å². The van der Waals surface area contributed by atoms with Crippen molar-refractivity contribution in [2.24, 2.45) is 11.8 Å². The van der Waals surface area contributed by atoms with E-state index in [9.17, 15) is 19.5 Å². The van der Waals surface area contributed by atoms with E-state index in [2.05, 4.69) is 0 Å². The van der Waals surface area contributed by atoms with Crippen LogP contribution in [0.4, 0.5) is 0 Å². The molecule has 1 aromatic rings. The van der Waals surface area contributed by atoms with E-state index in [-0.39, 0.29) is 24.2 Å². The molecule has 0 unspecified atom stereocenters. The summed E-state index contributed by atoms with van der Waals surface area (Å²) in [5.74, 6) is -2.09. The van der Waals surface area contributed by atoms with Crippen LogP contribution in [0.1, 0.15) is 64.2 Å². The molecule has 1 N–H and O–H groups in total. The zero-order valence-corrected chi connectivity index (χ0v) is 18.7. The van der Waals surface area contributed by atoms with Gasteiger partial charge in [-0.05, 0) is 50.7 Å². The Morgan fingerprint density at radius 3 is 2.65 bits per heavy atom. The summed E-state index contributed by atoms with van der Waals surface area (Å²) < 4.78 is 10.8. The van der Waals surface area contributed by atoms with E-state index in [0.29, 0.717) is 44.7 Å². The molecule has 0 aliphatic carbocycles. The lowest BCUT2D eigenvalue weighted by molar-refractivity contribution is -0.157. The van der Waals surface area contributed by atoms with Gasteiger partial charge in [-0.2, -0.15) is 0 Å². The van der Waals surface area contributed by atoms with Gasteiger partial charge in [-0.3, -0.25) is 14.4 Å². The van der Waals surface area contributed by atoms with E-state index in [1.165, 1.54) is 6.26 Å². The predicted octanol–water partition coefficient (Wildman–Crippen LogP) is 3.09. The van der Waals surface area contributed by atoms with Crippen molar-refractivity contribution in [1.29, 1.82) is 0 Å². The van der Waals surface area contributed by atoms with Crippen molar-refractivity contribution in [2.45, 2.75) is 64.0 Å². The zero-order valence-electron chi connectivity index (χ0n) is 18.7. The van der Waals surface area contributed by atoms with Crippen LogP contribution < -0.4 is 0 Å². The Hall–Kier alpha value is -2.35. The number of methoxy groups -OCH3 is 1. The fourth-order valence-electron chi connectivity index (χ4n) is 5.26. The monoisotopic (exact) mass is 434 g/mol. The number of rotatable bonds is 8. The number of furan rings is 1. The summed E-state index contributed by atoms with van der Waals surface area (Å²) in [5, 5.41) is 10.1. The average molecular weight is 435 g/mol. The second-order valence-corrected chi connectivity index (χ2v) is 8.60. The molecule has 2 aliphatic heterocycles. The van der Waals surface area contributed by atoms with Gasteiger partial charge in [0, 0.05) is 26.1 Å². The summed E-state index contributed by atoms with van der Waals surface area (Å²) in [5.41, 5.74) is -1.18. The minimum atomic E-state index is -1.18. The van der Waals surface area contributed by atoms with Gasteiger partial charge in [-0.15, -0.1) is 0 Å². The molecule has 2 amide bonds. The molecule has 1 aromatic heterocycles. The molecule has 31 heavy (non-hydrogen) atoms. The molecule has 2 saturated heterocycles. The van der Waals surface area contributed by atoms with E-state index in [0.717, 1.165) is 12.8 Å². The SMILES string of the molecule is CCC(CC)C(=O)N1[C@@H](c2ccco2)[C@@H](C(=O)O)C[C@]12CCCCN(CCOC)C2=O. The molecule has 172 valence electrons. The summed E-state index contributed by atoms with van der Waals surface area (Å²) in [7, 11) is 1.59. The highest BCUT2D eigenvalue weighted by molar-refractivity contribution is 5.95. The Morgan fingerprint density at radius 2 is 2.06 bits per heavy atom. The first-order chi connectivity index (χ1) is 14.9. The van der Waals surface area contributed by atoms with Gasteiger partial charge in [0.2, 0.25) is 11.8 Å². The molecule has 0 aromatic carbocycles. The molecule has 0 saturated carbocycles. The van der Waals surface area contributed by atoms with Gasteiger partial charge in [-0.1, -0.05) is 13.8 Å². The highest BCUT2D eigenvalue weighted by atomic mass is 16.5. The first kappa shape index (κ1) is 23.3. The van der Waals surface area contributed by atoms with Gasteiger partial charge in [0.25, 0.3) is 0 Å². The number of carboxylic acids is 1.